The number of aromatic hydroxyl groups is 1. The number of carbonyl (C=O) groups excluding carboxylic acids is 1. The van der Waals surface area contributed by atoms with Gasteiger partial charge in [-0.25, -0.2) is 14.6 Å². The van der Waals surface area contributed by atoms with Crippen LogP contribution in [-0.4, -0.2) is 43.7 Å². The van der Waals surface area contributed by atoms with Crippen LogP contribution < -0.4 is 5.56 Å². The van der Waals surface area contributed by atoms with Crippen molar-refractivity contribution in [1.82, 2.24) is 14.9 Å². The Morgan fingerprint density at radius 1 is 1.31 bits per heavy atom. The second kappa shape index (κ2) is 7.26. The van der Waals surface area contributed by atoms with Crippen LogP contribution in [0.3, 0.4) is 0 Å². The SMILES string of the molecule is O=C(O)c1nc([C@@H]2CCCN2C(=O)OCc2ccccc2)[nH]c(=O)c1O. The number of amides is 1. The average Bonchev–Trinajstić information content (AvgIpc) is 3.12. The van der Waals surface area contributed by atoms with Gasteiger partial charge in [0.15, 0.2) is 5.69 Å². The Hall–Kier alpha value is -3.36. The summed E-state index contributed by atoms with van der Waals surface area (Å²) in [6.07, 6.45) is 0.564. The summed E-state index contributed by atoms with van der Waals surface area (Å²) in [5, 5.41) is 18.6. The highest BCUT2D eigenvalue weighted by molar-refractivity contribution is 5.88. The molecule has 2 aromatic rings. The molecule has 9 nitrogen and oxygen atoms in total. The predicted octanol–water partition coefficient (Wildman–Crippen LogP) is 1.65. The molecule has 1 fully saturated rings. The lowest BCUT2D eigenvalue weighted by atomic mass is 10.2. The number of aromatic amines is 1. The molecule has 9 heteroatoms. The van der Waals surface area contributed by atoms with Crippen LogP contribution >= 0.6 is 0 Å². The number of carboxylic acid groups (broad SMARTS) is 1. The lowest BCUT2D eigenvalue weighted by molar-refractivity contribution is 0.0685. The summed E-state index contributed by atoms with van der Waals surface area (Å²) in [6.45, 7) is 0.494. The Kier molecular flexibility index (Phi) is 4.87. The maximum atomic E-state index is 12.4. The lowest BCUT2D eigenvalue weighted by Gasteiger charge is -2.23. The number of aromatic nitrogens is 2. The number of nitrogens with one attached hydrogen (secondary N) is 1. The van der Waals surface area contributed by atoms with E-state index in [1.54, 1.807) is 0 Å². The second-order valence-electron chi connectivity index (χ2n) is 5.85. The van der Waals surface area contributed by atoms with Gasteiger partial charge in [-0.2, -0.15) is 0 Å². The number of rotatable bonds is 4. The lowest BCUT2D eigenvalue weighted by Crippen LogP contribution is -2.33. The van der Waals surface area contributed by atoms with Crippen molar-refractivity contribution in [3.63, 3.8) is 0 Å². The van der Waals surface area contributed by atoms with Crippen molar-refractivity contribution in [2.45, 2.75) is 25.5 Å². The first-order valence-electron chi connectivity index (χ1n) is 8.01. The number of carbonyl (C=O) groups is 2. The van der Waals surface area contributed by atoms with E-state index in [4.69, 9.17) is 9.84 Å². The fraction of sp³-hybridized carbons (Fsp3) is 0.294. The topological polar surface area (TPSA) is 133 Å². The highest BCUT2D eigenvalue weighted by Crippen LogP contribution is 2.30. The van der Waals surface area contributed by atoms with Crippen molar-refractivity contribution >= 4 is 12.1 Å². The van der Waals surface area contributed by atoms with Crippen molar-refractivity contribution < 1.29 is 24.5 Å². The molecule has 1 aliphatic rings. The van der Waals surface area contributed by atoms with E-state index < -0.39 is 35.1 Å². The van der Waals surface area contributed by atoms with Crippen LogP contribution in [0.1, 0.15) is 40.8 Å². The van der Waals surface area contributed by atoms with Gasteiger partial charge in [0.05, 0.1) is 6.04 Å². The van der Waals surface area contributed by atoms with E-state index in [0.717, 1.165) is 5.56 Å². The van der Waals surface area contributed by atoms with Gasteiger partial charge in [0.2, 0.25) is 5.75 Å². The van der Waals surface area contributed by atoms with E-state index in [2.05, 4.69) is 9.97 Å². The zero-order chi connectivity index (χ0) is 18.7. The standard InChI is InChI=1S/C17H17N3O6/c21-13-12(16(23)24)18-14(19-15(13)22)11-7-4-8-20(11)17(25)26-9-10-5-2-1-3-6-10/h1-3,5-6,11,21H,4,7-9H2,(H,23,24)(H,18,19,22)/t11-/m0/s1. The third-order valence-electron chi connectivity index (χ3n) is 4.12. The molecule has 1 amide bonds. The number of hydrogen-bond acceptors (Lipinski definition) is 6. The summed E-state index contributed by atoms with van der Waals surface area (Å²) in [5.41, 5.74) is -0.869. The number of aromatic carboxylic acids is 1. The molecule has 3 rings (SSSR count). The Morgan fingerprint density at radius 2 is 2.04 bits per heavy atom. The van der Waals surface area contributed by atoms with Crippen molar-refractivity contribution in [3.8, 4) is 5.75 Å². The fourth-order valence-corrected chi connectivity index (χ4v) is 2.86. The number of nitrogens with zero attached hydrogens (tertiary/aromatic N) is 2. The maximum absolute atomic E-state index is 12.4. The third-order valence-corrected chi connectivity index (χ3v) is 4.12. The van der Waals surface area contributed by atoms with E-state index >= 15 is 0 Å². The van der Waals surface area contributed by atoms with E-state index in [0.29, 0.717) is 19.4 Å². The average molecular weight is 359 g/mol. The van der Waals surface area contributed by atoms with Crippen molar-refractivity contribution in [2.75, 3.05) is 6.54 Å². The molecule has 1 atom stereocenters. The number of ether oxygens (including phenoxy) is 1. The number of hydrogen-bond donors (Lipinski definition) is 3. The van der Waals surface area contributed by atoms with Gasteiger partial charge >= 0.3 is 12.1 Å². The molecular weight excluding hydrogens is 342 g/mol. The second-order valence-corrected chi connectivity index (χ2v) is 5.85. The van der Waals surface area contributed by atoms with E-state index in [1.165, 1.54) is 4.90 Å². The predicted molar refractivity (Wildman–Crippen MR) is 88.8 cm³/mol. The Bertz CT molecular complexity index is 880. The van der Waals surface area contributed by atoms with Gasteiger partial charge < -0.3 is 19.9 Å². The van der Waals surface area contributed by atoms with Crippen molar-refractivity contribution in [2.24, 2.45) is 0 Å². The molecule has 1 saturated heterocycles. The molecule has 0 spiro atoms. The molecule has 2 heterocycles. The smallest absolute Gasteiger partial charge is 0.410 e. The summed E-state index contributed by atoms with van der Waals surface area (Å²) in [7, 11) is 0. The number of H-pyrrole nitrogens is 1. The first-order valence-corrected chi connectivity index (χ1v) is 8.01. The molecule has 1 aromatic heterocycles. The van der Waals surface area contributed by atoms with Gasteiger partial charge in [-0.05, 0) is 18.4 Å². The first-order chi connectivity index (χ1) is 12.5. The van der Waals surface area contributed by atoms with Crippen molar-refractivity contribution in [1.29, 1.82) is 0 Å². The van der Waals surface area contributed by atoms with Gasteiger partial charge in [0.25, 0.3) is 5.56 Å². The Labute approximate surface area is 147 Å². The highest BCUT2D eigenvalue weighted by atomic mass is 16.6. The largest absolute Gasteiger partial charge is 0.501 e. The van der Waals surface area contributed by atoms with Gasteiger partial charge in [-0.15, -0.1) is 0 Å². The van der Waals surface area contributed by atoms with E-state index in [1.807, 2.05) is 30.3 Å². The third kappa shape index (κ3) is 3.51. The van der Waals surface area contributed by atoms with Gasteiger partial charge in [-0.1, -0.05) is 30.3 Å². The zero-order valence-corrected chi connectivity index (χ0v) is 13.7. The molecule has 0 saturated carbocycles. The maximum Gasteiger partial charge on any atom is 0.410 e. The van der Waals surface area contributed by atoms with Crippen LogP contribution in [0.5, 0.6) is 5.75 Å². The molecule has 1 aromatic carbocycles. The minimum Gasteiger partial charge on any atom is -0.501 e. The van der Waals surface area contributed by atoms with Crippen LogP contribution in [0.2, 0.25) is 0 Å². The van der Waals surface area contributed by atoms with Crippen LogP contribution in [0.15, 0.2) is 35.1 Å². The molecule has 1 aliphatic heterocycles. The minimum absolute atomic E-state index is 0.0133. The summed E-state index contributed by atoms with van der Waals surface area (Å²) < 4.78 is 5.30. The summed E-state index contributed by atoms with van der Waals surface area (Å²) >= 11 is 0. The summed E-state index contributed by atoms with van der Waals surface area (Å²) in [6, 6.07) is 8.56. The quantitative estimate of drug-likeness (QED) is 0.756. The molecule has 0 radical (unpaired) electrons. The summed E-state index contributed by atoms with van der Waals surface area (Å²) in [4.78, 5) is 42.8. The fourth-order valence-electron chi connectivity index (χ4n) is 2.86. The van der Waals surface area contributed by atoms with Crippen molar-refractivity contribution in [3.05, 3.63) is 57.8 Å². The highest BCUT2D eigenvalue weighted by Gasteiger charge is 2.34. The molecule has 0 aliphatic carbocycles. The number of carboxylic acids is 1. The van der Waals surface area contributed by atoms with Crippen LogP contribution in [0.25, 0.3) is 0 Å². The summed E-state index contributed by atoms with van der Waals surface area (Å²) in [5.74, 6) is -2.47. The molecule has 26 heavy (non-hydrogen) atoms. The first kappa shape index (κ1) is 17.5. The van der Waals surface area contributed by atoms with E-state index in [-0.39, 0.29) is 12.4 Å². The number of benzene rings is 1. The van der Waals surface area contributed by atoms with Crippen LogP contribution in [-0.2, 0) is 11.3 Å². The Balaban J connectivity index is 1.79. The Morgan fingerprint density at radius 3 is 2.73 bits per heavy atom. The van der Waals surface area contributed by atoms with E-state index in [9.17, 15) is 19.5 Å². The van der Waals surface area contributed by atoms with Crippen LogP contribution in [0, 0.1) is 0 Å². The molecule has 0 unspecified atom stereocenters. The normalized spacial score (nSPS) is 16.5. The molecule has 136 valence electrons. The number of likely N-dealkylation sites (tertiary alicyclic amines) is 1. The van der Waals surface area contributed by atoms with Gasteiger partial charge in [0, 0.05) is 6.54 Å². The van der Waals surface area contributed by atoms with Gasteiger partial charge in [0.1, 0.15) is 12.4 Å². The molecule has 3 N–H and O–H groups in total. The zero-order valence-electron chi connectivity index (χ0n) is 13.7. The molecular formula is C17H17N3O6. The van der Waals surface area contributed by atoms with Crippen LogP contribution in [0.4, 0.5) is 4.79 Å². The molecule has 0 bridgehead atoms. The van der Waals surface area contributed by atoms with Gasteiger partial charge in [-0.3, -0.25) is 9.69 Å². The minimum atomic E-state index is -1.52. The monoisotopic (exact) mass is 359 g/mol.